The SMILES string of the molecule is CCN(CCCOC)CC(=O)OC. The molecular formula is C9H19NO3. The summed E-state index contributed by atoms with van der Waals surface area (Å²) in [7, 11) is 3.09. The van der Waals surface area contributed by atoms with Crippen LogP contribution in [0, 0.1) is 0 Å². The summed E-state index contributed by atoms with van der Waals surface area (Å²) in [6.45, 7) is 4.86. The maximum atomic E-state index is 10.9. The van der Waals surface area contributed by atoms with Gasteiger partial charge >= 0.3 is 5.97 Å². The van der Waals surface area contributed by atoms with E-state index in [1.165, 1.54) is 7.11 Å². The molecule has 0 spiro atoms. The first kappa shape index (κ1) is 12.4. The predicted octanol–water partition coefficient (Wildman–Crippen LogP) is 0.518. The molecule has 0 aromatic heterocycles. The summed E-state index contributed by atoms with van der Waals surface area (Å²) < 4.78 is 9.50. The van der Waals surface area contributed by atoms with Crippen molar-refractivity contribution in [1.82, 2.24) is 4.90 Å². The van der Waals surface area contributed by atoms with E-state index >= 15 is 0 Å². The summed E-state index contributed by atoms with van der Waals surface area (Å²) in [5, 5.41) is 0. The van der Waals surface area contributed by atoms with Crippen molar-refractivity contribution < 1.29 is 14.3 Å². The normalized spacial score (nSPS) is 10.5. The molecule has 78 valence electrons. The van der Waals surface area contributed by atoms with Crippen molar-refractivity contribution in [3.05, 3.63) is 0 Å². The number of hydrogen-bond acceptors (Lipinski definition) is 4. The van der Waals surface area contributed by atoms with Crippen LogP contribution in [-0.2, 0) is 14.3 Å². The van der Waals surface area contributed by atoms with Gasteiger partial charge in [0.1, 0.15) is 0 Å². The van der Waals surface area contributed by atoms with Gasteiger partial charge in [0.15, 0.2) is 0 Å². The largest absolute Gasteiger partial charge is 0.468 e. The topological polar surface area (TPSA) is 38.8 Å². The van der Waals surface area contributed by atoms with E-state index < -0.39 is 0 Å². The maximum Gasteiger partial charge on any atom is 0.319 e. The van der Waals surface area contributed by atoms with Gasteiger partial charge < -0.3 is 9.47 Å². The molecule has 0 radical (unpaired) electrons. The fourth-order valence-corrected chi connectivity index (χ4v) is 1.03. The third-order valence-corrected chi connectivity index (χ3v) is 1.85. The Bertz CT molecular complexity index is 139. The highest BCUT2D eigenvalue weighted by Gasteiger charge is 2.07. The monoisotopic (exact) mass is 189 g/mol. The quantitative estimate of drug-likeness (QED) is 0.432. The highest BCUT2D eigenvalue weighted by molar-refractivity contribution is 5.71. The Labute approximate surface area is 79.8 Å². The Morgan fingerprint density at radius 2 is 2.08 bits per heavy atom. The second-order valence-corrected chi connectivity index (χ2v) is 2.79. The number of nitrogens with zero attached hydrogens (tertiary/aromatic N) is 1. The van der Waals surface area contributed by atoms with Crippen molar-refractivity contribution in [2.45, 2.75) is 13.3 Å². The fraction of sp³-hybridized carbons (Fsp3) is 0.889. The number of carbonyl (C=O) groups excluding carboxylic acids is 1. The zero-order valence-corrected chi connectivity index (χ0v) is 8.71. The third kappa shape index (κ3) is 6.54. The number of carbonyl (C=O) groups is 1. The number of likely N-dealkylation sites (N-methyl/N-ethyl adjacent to an activating group) is 1. The van der Waals surface area contributed by atoms with Gasteiger partial charge in [-0.1, -0.05) is 6.92 Å². The van der Waals surface area contributed by atoms with Crippen LogP contribution in [0.25, 0.3) is 0 Å². The summed E-state index contributed by atoms with van der Waals surface area (Å²) in [4.78, 5) is 13.0. The molecule has 0 amide bonds. The number of ether oxygens (including phenoxy) is 2. The summed E-state index contributed by atoms with van der Waals surface area (Å²) >= 11 is 0. The highest BCUT2D eigenvalue weighted by atomic mass is 16.5. The van der Waals surface area contributed by atoms with Gasteiger partial charge in [0, 0.05) is 20.3 Å². The van der Waals surface area contributed by atoms with Crippen molar-refractivity contribution in [1.29, 1.82) is 0 Å². The smallest absolute Gasteiger partial charge is 0.319 e. The Kier molecular flexibility index (Phi) is 7.63. The van der Waals surface area contributed by atoms with Crippen LogP contribution in [0.3, 0.4) is 0 Å². The molecule has 0 aliphatic rings. The van der Waals surface area contributed by atoms with Crippen LogP contribution in [-0.4, -0.2) is 51.3 Å². The van der Waals surface area contributed by atoms with Crippen molar-refractivity contribution >= 4 is 5.97 Å². The first-order chi connectivity index (χ1) is 6.24. The molecule has 0 atom stereocenters. The Hall–Kier alpha value is -0.610. The Balaban J connectivity index is 3.56. The Morgan fingerprint density at radius 3 is 2.54 bits per heavy atom. The second-order valence-electron chi connectivity index (χ2n) is 2.79. The predicted molar refractivity (Wildman–Crippen MR) is 50.6 cm³/mol. The van der Waals surface area contributed by atoms with Crippen LogP contribution >= 0.6 is 0 Å². The van der Waals surface area contributed by atoms with Crippen LogP contribution in [0.5, 0.6) is 0 Å². The molecule has 4 nitrogen and oxygen atoms in total. The number of methoxy groups -OCH3 is 2. The molecule has 0 saturated carbocycles. The van der Waals surface area contributed by atoms with E-state index in [-0.39, 0.29) is 5.97 Å². The molecule has 0 aliphatic heterocycles. The molecule has 0 rings (SSSR count). The molecule has 0 unspecified atom stereocenters. The van der Waals surface area contributed by atoms with Crippen LogP contribution in [0.4, 0.5) is 0 Å². The molecule has 0 bridgehead atoms. The number of esters is 1. The van der Waals surface area contributed by atoms with Crippen LogP contribution < -0.4 is 0 Å². The van der Waals surface area contributed by atoms with Gasteiger partial charge in [-0.05, 0) is 13.0 Å². The van der Waals surface area contributed by atoms with E-state index in [2.05, 4.69) is 4.74 Å². The van der Waals surface area contributed by atoms with Crippen molar-refractivity contribution in [2.24, 2.45) is 0 Å². The van der Waals surface area contributed by atoms with Gasteiger partial charge in [-0.15, -0.1) is 0 Å². The van der Waals surface area contributed by atoms with E-state index in [1.807, 2.05) is 11.8 Å². The summed E-state index contributed by atoms with van der Waals surface area (Å²) in [6.07, 6.45) is 0.946. The third-order valence-electron chi connectivity index (χ3n) is 1.85. The van der Waals surface area contributed by atoms with Crippen molar-refractivity contribution in [3.63, 3.8) is 0 Å². The minimum absolute atomic E-state index is 0.181. The lowest BCUT2D eigenvalue weighted by Crippen LogP contribution is -2.31. The summed E-state index contributed by atoms with van der Waals surface area (Å²) in [5.74, 6) is -0.181. The van der Waals surface area contributed by atoms with E-state index in [4.69, 9.17) is 4.74 Å². The van der Waals surface area contributed by atoms with Crippen LogP contribution in [0.15, 0.2) is 0 Å². The molecule has 0 N–H and O–H groups in total. The lowest BCUT2D eigenvalue weighted by atomic mass is 10.4. The summed E-state index contributed by atoms with van der Waals surface area (Å²) in [5.41, 5.74) is 0. The molecule has 0 fully saturated rings. The molecule has 0 heterocycles. The molecule has 4 heteroatoms. The average molecular weight is 189 g/mol. The van der Waals surface area contributed by atoms with Crippen molar-refractivity contribution in [2.75, 3.05) is 40.5 Å². The lowest BCUT2D eigenvalue weighted by molar-refractivity contribution is -0.141. The second kappa shape index (κ2) is 8.01. The Morgan fingerprint density at radius 1 is 1.38 bits per heavy atom. The van der Waals surface area contributed by atoms with Gasteiger partial charge in [-0.25, -0.2) is 0 Å². The average Bonchev–Trinajstić information content (AvgIpc) is 2.16. The molecule has 13 heavy (non-hydrogen) atoms. The first-order valence-corrected chi connectivity index (χ1v) is 4.52. The molecule has 0 aliphatic carbocycles. The van der Waals surface area contributed by atoms with E-state index in [0.717, 1.165) is 26.1 Å². The zero-order chi connectivity index (χ0) is 10.1. The van der Waals surface area contributed by atoms with E-state index in [9.17, 15) is 4.79 Å². The van der Waals surface area contributed by atoms with Gasteiger partial charge in [0.25, 0.3) is 0 Å². The highest BCUT2D eigenvalue weighted by Crippen LogP contribution is 1.92. The number of rotatable bonds is 7. The zero-order valence-electron chi connectivity index (χ0n) is 8.71. The lowest BCUT2D eigenvalue weighted by Gasteiger charge is -2.18. The van der Waals surface area contributed by atoms with Gasteiger partial charge in [-0.3, -0.25) is 9.69 Å². The molecule has 0 saturated heterocycles. The minimum atomic E-state index is -0.181. The van der Waals surface area contributed by atoms with Crippen molar-refractivity contribution in [3.8, 4) is 0 Å². The van der Waals surface area contributed by atoms with Crippen LogP contribution in [0.1, 0.15) is 13.3 Å². The van der Waals surface area contributed by atoms with Gasteiger partial charge in [0.2, 0.25) is 0 Å². The fourth-order valence-electron chi connectivity index (χ4n) is 1.03. The van der Waals surface area contributed by atoms with E-state index in [0.29, 0.717) is 6.54 Å². The maximum absolute atomic E-state index is 10.9. The summed E-state index contributed by atoms with van der Waals surface area (Å²) in [6, 6.07) is 0. The molecular weight excluding hydrogens is 170 g/mol. The molecule has 0 aromatic carbocycles. The minimum Gasteiger partial charge on any atom is -0.468 e. The number of hydrogen-bond donors (Lipinski definition) is 0. The van der Waals surface area contributed by atoms with Gasteiger partial charge in [0.05, 0.1) is 13.7 Å². The van der Waals surface area contributed by atoms with E-state index in [1.54, 1.807) is 7.11 Å². The first-order valence-electron chi connectivity index (χ1n) is 4.52. The standard InChI is InChI=1S/C9H19NO3/c1-4-10(6-5-7-12-2)8-9(11)13-3/h4-8H2,1-3H3. The molecule has 0 aromatic rings. The van der Waals surface area contributed by atoms with Gasteiger partial charge in [-0.2, -0.15) is 0 Å². The van der Waals surface area contributed by atoms with Crippen LogP contribution in [0.2, 0.25) is 0 Å².